The molecule has 0 aromatic carbocycles. The first-order valence-electron chi connectivity index (χ1n) is 34.6. The summed E-state index contributed by atoms with van der Waals surface area (Å²) in [5.74, 6) is -1.34. The van der Waals surface area contributed by atoms with E-state index >= 15 is 0 Å². The molecule has 85 heavy (non-hydrogen) atoms. The standard InChI is InChI=1S/C66H128O17P2/c1-6-9-12-15-17-19-21-28-32-35-40-45-50-64(69)77-56-62(83-66(71)52-47-42-37-33-29-26-24-22-23-25-27-30-34-39-43-48-59(4)5)58-81-85(74,75)79-54-60(67)53-78-84(72,73)80-57-61(55-76-63(68)49-44-38-14-11-8-3)82-65(70)51-46-41-36-31-20-18-16-13-10-7-2/h59-62,67H,6-58H2,1-5H3,(H,72,73)(H,74,75)/t60-,61+,62+/m0/s1. The first-order valence-corrected chi connectivity index (χ1v) is 37.6. The summed E-state index contributed by atoms with van der Waals surface area (Å²) in [5.41, 5.74) is 0. The number of rotatable bonds is 66. The maximum absolute atomic E-state index is 13.0. The highest BCUT2D eigenvalue weighted by atomic mass is 31.2. The first-order chi connectivity index (χ1) is 41.0. The molecule has 0 aromatic heterocycles. The zero-order valence-electron chi connectivity index (χ0n) is 54.7. The Morgan fingerprint density at radius 3 is 0.800 bits per heavy atom. The second-order valence-corrected chi connectivity index (χ2v) is 27.2. The summed E-state index contributed by atoms with van der Waals surface area (Å²) < 4.78 is 67.9. The van der Waals surface area contributed by atoms with Crippen molar-refractivity contribution in [2.75, 3.05) is 39.6 Å². The van der Waals surface area contributed by atoms with Crippen molar-refractivity contribution in [3.8, 4) is 0 Å². The summed E-state index contributed by atoms with van der Waals surface area (Å²) in [6.45, 7) is 7.15. The fourth-order valence-corrected chi connectivity index (χ4v) is 11.5. The van der Waals surface area contributed by atoms with Crippen molar-refractivity contribution >= 4 is 39.5 Å². The van der Waals surface area contributed by atoms with E-state index in [-0.39, 0.29) is 25.7 Å². The molecule has 504 valence electrons. The fraction of sp³-hybridized carbons (Fsp3) is 0.939. The number of phosphoric acid groups is 2. The zero-order valence-corrected chi connectivity index (χ0v) is 56.5. The largest absolute Gasteiger partial charge is 0.472 e. The third kappa shape index (κ3) is 60.7. The number of carbonyl (C=O) groups is 4. The van der Waals surface area contributed by atoms with Crippen molar-refractivity contribution in [1.29, 1.82) is 0 Å². The van der Waals surface area contributed by atoms with Gasteiger partial charge in [-0.05, 0) is 31.6 Å². The molecular formula is C66H128O17P2. The van der Waals surface area contributed by atoms with Crippen molar-refractivity contribution < 1.29 is 80.2 Å². The minimum atomic E-state index is -4.94. The van der Waals surface area contributed by atoms with Crippen LogP contribution < -0.4 is 0 Å². The molecule has 5 atom stereocenters. The highest BCUT2D eigenvalue weighted by Gasteiger charge is 2.30. The van der Waals surface area contributed by atoms with E-state index in [1.54, 1.807) is 0 Å². The van der Waals surface area contributed by atoms with Gasteiger partial charge < -0.3 is 33.8 Å². The first kappa shape index (κ1) is 83.1. The Hall–Kier alpha value is -1.94. The van der Waals surface area contributed by atoms with Crippen molar-refractivity contribution in [2.45, 2.75) is 355 Å². The fourth-order valence-electron chi connectivity index (χ4n) is 9.94. The van der Waals surface area contributed by atoms with Crippen LogP contribution in [0.3, 0.4) is 0 Å². The van der Waals surface area contributed by atoms with Crippen molar-refractivity contribution in [3.05, 3.63) is 0 Å². The summed E-state index contributed by atoms with van der Waals surface area (Å²) in [6, 6.07) is 0. The van der Waals surface area contributed by atoms with Gasteiger partial charge in [0.1, 0.15) is 19.3 Å². The minimum absolute atomic E-state index is 0.106. The summed E-state index contributed by atoms with van der Waals surface area (Å²) >= 11 is 0. The summed E-state index contributed by atoms with van der Waals surface area (Å²) in [6.07, 6.45) is 44.7. The van der Waals surface area contributed by atoms with Crippen LogP contribution in [0.1, 0.15) is 336 Å². The van der Waals surface area contributed by atoms with Gasteiger partial charge in [0, 0.05) is 25.7 Å². The third-order valence-electron chi connectivity index (χ3n) is 15.3. The van der Waals surface area contributed by atoms with Crippen LogP contribution in [-0.4, -0.2) is 96.7 Å². The van der Waals surface area contributed by atoms with Crippen LogP contribution in [0.4, 0.5) is 0 Å². The topological polar surface area (TPSA) is 237 Å². The molecule has 0 spiro atoms. The second kappa shape index (κ2) is 59.7. The van der Waals surface area contributed by atoms with Gasteiger partial charge in [-0.2, -0.15) is 0 Å². The average Bonchev–Trinajstić information content (AvgIpc) is 3.60. The Morgan fingerprint density at radius 2 is 0.541 bits per heavy atom. The van der Waals surface area contributed by atoms with E-state index in [0.29, 0.717) is 25.7 Å². The number of aliphatic hydroxyl groups is 1. The number of hydrogen-bond acceptors (Lipinski definition) is 15. The smallest absolute Gasteiger partial charge is 0.462 e. The Balaban J connectivity index is 5.14. The maximum atomic E-state index is 13.0. The van der Waals surface area contributed by atoms with Crippen LogP contribution in [0.15, 0.2) is 0 Å². The number of hydrogen-bond donors (Lipinski definition) is 3. The monoisotopic (exact) mass is 1250 g/mol. The molecule has 2 unspecified atom stereocenters. The van der Waals surface area contributed by atoms with E-state index in [9.17, 15) is 43.2 Å². The second-order valence-electron chi connectivity index (χ2n) is 24.3. The van der Waals surface area contributed by atoms with Gasteiger partial charge in [-0.1, -0.05) is 285 Å². The van der Waals surface area contributed by atoms with Gasteiger partial charge in [0.2, 0.25) is 0 Å². The lowest BCUT2D eigenvalue weighted by Crippen LogP contribution is -2.30. The average molecular weight is 1260 g/mol. The third-order valence-corrected chi connectivity index (χ3v) is 17.2. The Labute approximate surface area is 517 Å². The number of aliphatic hydroxyl groups excluding tert-OH is 1. The van der Waals surface area contributed by atoms with Gasteiger partial charge in [-0.15, -0.1) is 0 Å². The molecule has 0 aliphatic carbocycles. The molecule has 0 bridgehead atoms. The van der Waals surface area contributed by atoms with Crippen LogP contribution in [-0.2, 0) is 65.4 Å². The molecule has 3 N–H and O–H groups in total. The molecule has 0 aromatic rings. The highest BCUT2D eigenvalue weighted by molar-refractivity contribution is 7.47. The molecule has 0 radical (unpaired) electrons. The van der Waals surface area contributed by atoms with Crippen molar-refractivity contribution in [1.82, 2.24) is 0 Å². The molecule has 0 rings (SSSR count). The molecule has 0 heterocycles. The Morgan fingerprint density at radius 1 is 0.318 bits per heavy atom. The van der Waals surface area contributed by atoms with Gasteiger partial charge in [0.05, 0.1) is 26.4 Å². The zero-order chi connectivity index (χ0) is 62.8. The van der Waals surface area contributed by atoms with Crippen LogP contribution in [0.5, 0.6) is 0 Å². The SMILES string of the molecule is CCCCCCCCCCCCCCC(=O)OC[C@H](COP(=O)(O)OC[C@@H](O)COP(=O)(O)OC[C@@H](COC(=O)CCCCCCC)OC(=O)CCCCCCCCCCCC)OC(=O)CCCCCCCCCCCCCCCCCC(C)C. The predicted molar refractivity (Wildman–Crippen MR) is 340 cm³/mol. The molecule has 0 aliphatic rings. The van der Waals surface area contributed by atoms with E-state index in [0.717, 1.165) is 102 Å². The van der Waals surface area contributed by atoms with Crippen molar-refractivity contribution in [2.24, 2.45) is 5.92 Å². The Bertz CT molecular complexity index is 1650. The molecule has 0 aliphatic heterocycles. The van der Waals surface area contributed by atoms with Gasteiger partial charge >= 0.3 is 39.5 Å². The molecule has 17 nitrogen and oxygen atoms in total. The quantitative estimate of drug-likeness (QED) is 0.0222. The van der Waals surface area contributed by atoms with Crippen LogP contribution in [0, 0.1) is 5.92 Å². The number of unbranched alkanes of at least 4 members (excludes halogenated alkanes) is 38. The van der Waals surface area contributed by atoms with E-state index in [4.69, 9.17) is 37.0 Å². The van der Waals surface area contributed by atoms with Crippen LogP contribution in [0.25, 0.3) is 0 Å². The maximum Gasteiger partial charge on any atom is 0.472 e. The van der Waals surface area contributed by atoms with Gasteiger partial charge in [0.15, 0.2) is 12.2 Å². The van der Waals surface area contributed by atoms with Gasteiger partial charge in [-0.25, -0.2) is 9.13 Å². The van der Waals surface area contributed by atoms with Gasteiger partial charge in [-0.3, -0.25) is 37.3 Å². The normalized spacial score (nSPS) is 14.2. The molecule has 0 amide bonds. The van der Waals surface area contributed by atoms with Gasteiger partial charge in [0.25, 0.3) is 0 Å². The number of phosphoric ester groups is 2. The lowest BCUT2D eigenvalue weighted by atomic mass is 10.0. The molecule has 0 saturated heterocycles. The molecular weight excluding hydrogens is 1130 g/mol. The molecule has 19 heteroatoms. The minimum Gasteiger partial charge on any atom is -0.462 e. The van der Waals surface area contributed by atoms with E-state index < -0.39 is 97.5 Å². The van der Waals surface area contributed by atoms with Crippen LogP contribution >= 0.6 is 15.6 Å². The lowest BCUT2D eigenvalue weighted by molar-refractivity contribution is -0.161. The van der Waals surface area contributed by atoms with E-state index in [2.05, 4.69) is 34.6 Å². The summed E-state index contributed by atoms with van der Waals surface area (Å²) in [5, 5.41) is 10.5. The summed E-state index contributed by atoms with van der Waals surface area (Å²) in [4.78, 5) is 72.0. The number of esters is 4. The Kier molecular flexibility index (Phi) is 58.3. The number of carbonyl (C=O) groups excluding carboxylic acids is 4. The number of ether oxygens (including phenoxy) is 4. The molecule has 0 saturated carbocycles. The van der Waals surface area contributed by atoms with Crippen molar-refractivity contribution in [3.63, 3.8) is 0 Å². The van der Waals surface area contributed by atoms with E-state index in [1.807, 2.05) is 0 Å². The highest BCUT2D eigenvalue weighted by Crippen LogP contribution is 2.45. The predicted octanol–water partition coefficient (Wildman–Crippen LogP) is 18.6. The van der Waals surface area contributed by atoms with Crippen LogP contribution in [0.2, 0.25) is 0 Å². The molecule has 0 fully saturated rings. The van der Waals surface area contributed by atoms with E-state index in [1.165, 1.54) is 154 Å². The lowest BCUT2D eigenvalue weighted by Gasteiger charge is -2.21. The summed E-state index contributed by atoms with van der Waals surface area (Å²) in [7, 11) is -9.88.